The number of aromatic hydroxyl groups is 2. The van der Waals surface area contributed by atoms with Gasteiger partial charge < -0.3 is 48.4 Å². The molecule has 8 rings (SSSR count). The van der Waals surface area contributed by atoms with Gasteiger partial charge >= 0.3 is 0 Å². The van der Waals surface area contributed by atoms with Crippen molar-refractivity contribution in [2.24, 2.45) is 0 Å². The van der Waals surface area contributed by atoms with E-state index in [0.29, 0.717) is 82.3 Å². The number of amides is 1. The number of carbonyl (C=O) groups excluding carboxylic acids is 1. The van der Waals surface area contributed by atoms with Gasteiger partial charge in [-0.25, -0.2) is 0 Å². The van der Waals surface area contributed by atoms with E-state index < -0.39 is 30.1 Å². The van der Waals surface area contributed by atoms with Gasteiger partial charge in [-0.05, 0) is 45.9 Å². The Kier molecular flexibility index (Phi) is 9.80. The van der Waals surface area contributed by atoms with E-state index in [1.54, 1.807) is 26.4 Å². The second-order valence-electron chi connectivity index (χ2n) is 15.0. The first kappa shape index (κ1) is 37.6. The Labute approximate surface area is 325 Å². The van der Waals surface area contributed by atoms with Gasteiger partial charge in [0.1, 0.15) is 35.0 Å². The minimum absolute atomic E-state index is 0.00220. The van der Waals surface area contributed by atoms with Crippen LogP contribution in [0, 0.1) is 25.2 Å². The summed E-state index contributed by atoms with van der Waals surface area (Å²) in [5.74, 6) is 1.93. The first-order chi connectivity index (χ1) is 27.1. The lowest BCUT2D eigenvalue weighted by Gasteiger charge is -2.60. The second kappa shape index (κ2) is 14.6. The number of likely N-dealkylation sites (N-methyl/N-ethyl adjacent to an activating group) is 1. The van der Waals surface area contributed by atoms with Crippen molar-refractivity contribution in [3.05, 3.63) is 63.4 Å². The second-order valence-corrected chi connectivity index (χ2v) is 15.0. The van der Waals surface area contributed by atoms with Crippen molar-refractivity contribution in [3.63, 3.8) is 0 Å². The number of nitrogens with zero attached hydrogens (tertiary/aromatic N) is 3. The molecule has 4 aliphatic heterocycles. The molecule has 5 heterocycles. The van der Waals surface area contributed by atoms with Crippen molar-refractivity contribution in [1.82, 2.24) is 15.1 Å². The molecule has 56 heavy (non-hydrogen) atoms. The van der Waals surface area contributed by atoms with Gasteiger partial charge in [-0.15, -0.1) is 0 Å². The Hall–Kier alpha value is -5.36. The fraction of sp³-hybridized carbons (Fsp3) is 0.476. The van der Waals surface area contributed by atoms with Crippen LogP contribution in [-0.4, -0.2) is 105 Å². The number of furan rings is 1. The molecule has 14 heteroatoms. The Morgan fingerprint density at radius 3 is 2.14 bits per heavy atom. The van der Waals surface area contributed by atoms with Crippen LogP contribution >= 0.6 is 0 Å². The zero-order chi connectivity index (χ0) is 39.6. The smallest absolute Gasteiger partial charge is 0.287 e. The zero-order valence-electron chi connectivity index (χ0n) is 32.7. The fourth-order valence-electron chi connectivity index (χ4n) is 9.91. The summed E-state index contributed by atoms with van der Waals surface area (Å²) >= 11 is 0. The Morgan fingerprint density at radius 2 is 1.52 bits per heavy atom. The summed E-state index contributed by atoms with van der Waals surface area (Å²) < 4.78 is 41.3. The highest BCUT2D eigenvalue weighted by atomic mass is 16.5. The molecule has 0 radical (unpaired) electrons. The number of piperazine rings is 1. The third kappa shape index (κ3) is 5.66. The van der Waals surface area contributed by atoms with E-state index in [2.05, 4.69) is 21.2 Å². The maximum atomic E-state index is 14.1. The molecule has 0 spiro atoms. The van der Waals surface area contributed by atoms with E-state index in [-0.39, 0.29) is 41.7 Å². The molecule has 3 N–H and O–H groups in total. The van der Waals surface area contributed by atoms with E-state index >= 15 is 0 Å². The number of carbonyl (C=O) groups is 1. The summed E-state index contributed by atoms with van der Waals surface area (Å²) in [6.45, 7) is 4.93. The minimum Gasteiger partial charge on any atom is -0.504 e. The van der Waals surface area contributed by atoms with E-state index in [1.807, 2.05) is 33.0 Å². The monoisotopic (exact) mass is 768 g/mol. The number of fused-ring (bicyclic) bond motifs is 8. The molecule has 0 unspecified atom stereocenters. The summed E-state index contributed by atoms with van der Waals surface area (Å²) in [4.78, 5) is 18.3. The largest absolute Gasteiger partial charge is 0.504 e. The molecular weight excluding hydrogens is 720 g/mol. The summed E-state index contributed by atoms with van der Waals surface area (Å²) in [6.07, 6.45) is 2.30. The molecule has 0 aliphatic carbocycles. The normalized spacial score (nSPS) is 23.4. The summed E-state index contributed by atoms with van der Waals surface area (Å²) in [7, 11) is 8.15. The quantitative estimate of drug-likeness (QED) is 0.202. The Bertz CT molecular complexity index is 2240. The highest BCUT2D eigenvalue weighted by molar-refractivity contribution is 5.97. The average molecular weight is 769 g/mol. The van der Waals surface area contributed by atoms with Crippen molar-refractivity contribution in [2.75, 3.05) is 55.2 Å². The number of nitriles is 1. The maximum absolute atomic E-state index is 14.1. The number of nitrogens with one attached hydrogen (secondary N) is 1. The van der Waals surface area contributed by atoms with Crippen molar-refractivity contribution in [2.45, 2.75) is 75.8 Å². The van der Waals surface area contributed by atoms with Crippen LogP contribution in [0.3, 0.4) is 0 Å². The predicted molar refractivity (Wildman–Crippen MR) is 204 cm³/mol. The summed E-state index contributed by atoms with van der Waals surface area (Å²) in [5.41, 5.74) is 4.53. The minimum atomic E-state index is -0.728. The van der Waals surface area contributed by atoms with E-state index in [0.717, 1.165) is 24.0 Å². The number of benzene rings is 3. The van der Waals surface area contributed by atoms with Gasteiger partial charge in [0.2, 0.25) is 0 Å². The number of phenols is 2. The van der Waals surface area contributed by atoms with Crippen LogP contribution in [0.5, 0.6) is 40.2 Å². The summed E-state index contributed by atoms with van der Waals surface area (Å²) in [6, 6.07) is 7.13. The molecule has 0 saturated carbocycles. The highest BCUT2D eigenvalue weighted by Gasteiger charge is 2.57. The molecule has 4 aliphatic rings. The van der Waals surface area contributed by atoms with Crippen LogP contribution < -0.4 is 29.0 Å². The van der Waals surface area contributed by atoms with E-state index in [9.17, 15) is 20.3 Å². The van der Waals surface area contributed by atoms with Gasteiger partial charge in [0.25, 0.3) is 5.91 Å². The topological polar surface area (TPSA) is 168 Å². The number of methoxy groups -OCH3 is 4. The highest BCUT2D eigenvalue weighted by Crippen LogP contribution is 2.59. The van der Waals surface area contributed by atoms with Crippen LogP contribution in [-0.2, 0) is 17.6 Å². The number of phenolic OH excluding ortho intramolecular Hbond substituents is 2. The molecule has 2 saturated heterocycles. The number of hydrogen-bond acceptors (Lipinski definition) is 13. The number of rotatable bonds is 9. The van der Waals surface area contributed by atoms with Crippen LogP contribution in [0.2, 0.25) is 0 Å². The van der Waals surface area contributed by atoms with Crippen LogP contribution in [0.15, 0.2) is 28.7 Å². The molecule has 1 amide bonds. The van der Waals surface area contributed by atoms with E-state index in [1.165, 1.54) is 14.2 Å². The fourth-order valence-corrected chi connectivity index (χ4v) is 9.91. The molecule has 296 valence electrons. The van der Waals surface area contributed by atoms with E-state index in [4.69, 9.17) is 32.8 Å². The number of ether oxygens (including phenoxy) is 6. The molecular formula is C42H48N4O10. The van der Waals surface area contributed by atoms with Gasteiger partial charge in [0.05, 0.1) is 65.2 Å². The lowest BCUT2D eigenvalue weighted by atomic mass is 9.71. The van der Waals surface area contributed by atoms with Crippen LogP contribution in [0.1, 0.15) is 68.9 Å². The van der Waals surface area contributed by atoms with Crippen molar-refractivity contribution >= 4 is 16.9 Å². The van der Waals surface area contributed by atoms with Crippen molar-refractivity contribution in [1.29, 1.82) is 5.26 Å². The van der Waals surface area contributed by atoms with Crippen molar-refractivity contribution < 1.29 is 47.8 Å². The molecule has 14 nitrogen and oxygen atoms in total. The van der Waals surface area contributed by atoms with Gasteiger partial charge in [-0.3, -0.25) is 14.6 Å². The van der Waals surface area contributed by atoms with Gasteiger partial charge in [0.15, 0.2) is 28.8 Å². The van der Waals surface area contributed by atoms with Crippen LogP contribution in [0.4, 0.5) is 0 Å². The van der Waals surface area contributed by atoms with Crippen LogP contribution in [0.25, 0.3) is 11.0 Å². The molecule has 1 aromatic heterocycles. The lowest BCUT2D eigenvalue weighted by molar-refractivity contribution is -0.0725. The first-order valence-electron chi connectivity index (χ1n) is 18.9. The zero-order valence-corrected chi connectivity index (χ0v) is 32.7. The first-order valence-corrected chi connectivity index (χ1v) is 18.9. The van der Waals surface area contributed by atoms with Gasteiger partial charge in [-0.1, -0.05) is 6.07 Å². The Balaban J connectivity index is 1.23. The molecule has 5 atom stereocenters. The molecule has 2 bridgehead atoms. The van der Waals surface area contributed by atoms with Gasteiger partial charge in [0, 0.05) is 70.9 Å². The third-order valence-corrected chi connectivity index (χ3v) is 12.3. The third-order valence-electron chi connectivity index (χ3n) is 12.3. The molecule has 2 fully saturated rings. The summed E-state index contributed by atoms with van der Waals surface area (Å²) in [5, 5.41) is 38.7. The number of hydrogen-bond donors (Lipinski definition) is 3. The lowest BCUT2D eigenvalue weighted by Crippen LogP contribution is -2.68. The average Bonchev–Trinajstić information content (AvgIpc) is 3.64. The van der Waals surface area contributed by atoms with Gasteiger partial charge in [-0.2, -0.15) is 5.26 Å². The maximum Gasteiger partial charge on any atom is 0.287 e. The molecule has 3 aromatic carbocycles. The Morgan fingerprint density at radius 1 is 0.911 bits per heavy atom. The standard InChI is InChI=1S/C42H48N4O10/c1-20-38(50-4)24-16-27-35-34-25(39(51-5)21(2)41(53-7)37(34)48)15-26(45(35)3)28(18-43)46(27)29(33(24)36(47)40(20)52-6)19-44-42(49)32-17-23-30(9-8-10-31(23)56-32)55-22-11-13-54-14-12-22/h8-10,17,22,26-29,35,47-48H,11-16,19H2,1-7H3,(H,44,49)/t26-,27-,28-,29-,35-/m0/s1. The predicted octanol–water partition coefficient (Wildman–Crippen LogP) is 5.25. The SMILES string of the molecule is COc1c(C)c(OC)c2c(c1O)[C@@H]1[C@@H]3Cc4c(OC)c(C)c(OC)c(O)c4[C@H](CNC(=O)c4cc5c(OC6CCOCC6)cccc5o4)N3[C@@H](C#N)[C@H](C2)N1C. The molecule has 4 aromatic rings. The van der Waals surface area contributed by atoms with Crippen molar-refractivity contribution in [3.8, 4) is 46.3 Å².